The van der Waals surface area contributed by atoms with Crippen LogP contribution in [0.15, 0.2) is 59.2 Å². The van der Waals surface area contributed by atoms with Crippen LogP contribution >= 0.6 is 39.1 Å². The highest BCUT2D eigenvalue weighted by molar-refractivity contribution is 9.10. The number of nitrogens with zero attached hydrogens (tertiary/aromatic N) is 4. The average molecular weight is 524 g/mol. The molecule has 0 bridgehead atoms. The Morgan fingerprint density at radius 1 is 1.00 bits per heavy atom. The molecule has 0 saturated carbocycles. The van der Waals surface area contributed by atoms with Crippen LogP contribution < -0.4 is 4.74 Å². The summed E-state index contributed by atoms with van der Waals surface area (Å²) < 4.78 is 8.34. The summed E-state index contributed by atoms with van der Waals surface area (Å²) in [5, 5.41) is 5.21. The molecule has 0 radical (unpaired) electrons. The Bertz CT molecular complexity index is 1050. The van der Waals surface area contributed by atoms with Crippen molar-refractivity contribution in [1.29, 1.82) is 0 Å². The first-order valence-corrected chi connectivity index (χ1v) is 11.4. The summed E-state index contributed by atoms with van der Waals surface area (Å²) in [4.78, 5) is 17.0. The largest absolute Gasteiger partial charge is 0.468 e. The third kappa shape index (κ3) is 5.41. The lowest BCUT2D eigenvalue weighted by Gasteiger charge is -2.34. The van der Waals surface area contributed by atoms with Crippen LogP contribution in [0, 0.1) is 0 Å². The molecule has 0 aliphatic carbocycles. The summed E-state index contributed by atoms with van der Waals surface area (Å²) in [6, 6.07) is 15.1. The van der Waals surface area contributed by atoms with Crippen LogP contribution in [0.3, 0.4) is 0 Å². The number of ether oxygens (including phenoxy) is 1. The number of piperazine rings is 1. The van der Waals surface area contributed by atoms with Gasteiger partial charge in [0.25, 0.3) is 5.91 Å². The zero-order chi connectivity index (χ0) is 21.8. The van der Waals surface area contributed by atoms with E-state index in [1.165, 1.54) is 5.56 Å². The summed E-state index contributed by atoms with van der Waals surface area (Å²) in [6.45, 7) is 3.95. The molecule has 0 unspecified atom stereocenters. The molecule has 1 aliphatic rings. The molecule has 0 spiro atoms. The van der Waals surface area contributed by atoms with Gasteiger partial charge in [0.15, 0.2) is 18.2 Å². The van der Waals surface area contributed by atoms with E-state index in [0.717, 1.165) is 24.1 Å². The molecule has 1 fully saturated rings. The lowest BCUT2D eigenvalue weighted by atomic mass is 10.2. The fraction of sp³-hybridized carbons (Fsp3) is 0.273. The van der Waals surface area contributed by atoms with Gasteiger partial charge in [0.2, 0.25) is 0 Å². The van der Waals surface area contributed by atoms with Gasteiger partial charge >= 0.3 is 0 Å². The summed E-state index contributed by atoms with van der Waals surface area (Å²) in [5.41, 5.74) is 1.65. The van der Waals surface area contributed by atoms with Crippen LogP contribution in [0.4, 0.5) is 0 Å². The summed E-state index contributed by atoms with van der Waals surface area (Å²) in [5.74, 6) is 0.324. The van der Waals surface area contributed by atoms with E-state index < -0.39 is 0 Å². The molecule has 1 aromatic heterocycles. The van der Waals surface area contributed by atoms with Gasteiger partial charge < -0.3 is 9.64 Å². The van der Waals surface area contributed by atoms with E-state index in [1.54, 1.807) is 35.1 Å². The minimum atomic E-state index is -0.0740. The SMILES string of the molecule is O=C(c1ccn(COc2c(Cl)cccc2Cl)n1)N1CCN(Cc2ccccc2Br)CC1. The van der Waals surface area contributed by atoms with E-state index in [4.69, 9.17) is 27.9 Å². The van der Waals surface area contributed by atoms with Crippen molar-refractivity contribution in [2.45, 2.75) is 13.3 Å². The predicted octanol–water partition coefficient (Wildman–Crippen LogP) is 4.95. The van der Waals surface area contributed by atoms with Crippen LogP contribution in [0.2, 0.25) is 10.0 Å². The van der Waals surface area contributed by atoms with Crippen molar-refractivity contribution in [3.8, 4) is 5.75 Å². The first kappa shape index (κ1) is 22.1. The highest BCUT2D eigenvalue weighted by atomic mass is 79.9. The average Bonchev–Trinajstić information content (AvgIpc) is 3.24. The summed E-state index contributed by atoms with van der Waals surface area (Å²) >= 11 is 15.8. The molecular formula is C22H21BrCl2N4O2. The van der Waals surface area contributed by atoms with Crippen molar-refractivity contribution < 1.29 is 9.53 Å². The number of aromatic nitrogens is 2. The molecule has 162 valence electrons. The first-order chi connectivity index (χ1) is 15.0. The Balaban J connectivity index is 1.30. The fourth-order valence-electron chi connectivity index (χ4n) is 3.44. The van der Waals surface area contributed by atoms with Gasteiger partial charge in [0.05, 0.1) is 10.0 Å². The minimum absolute atomic E-state index is 0.0740. The number of carbonyl (C=O) groups is 1. The van der Waals surface area contributed by atoms with Crippen LogP contribution in [0.5, 0.6) is 5.75 Å². The van der Waals surface area contributed by atoms with Crippen LogP contribution in [0.1, 0.15) is 16.1 Å². The van der Waals surface area contributed by atoms with E-state index in [9.17, 15) is 4.79 Å². The molecule has 4 rings (SSSR count). The van der Waals surface area contributed by atoms with Crippen LogP contribution in [-0.2, 0) is 13.3 Å². The fourth-order valence-corrected chi connectivity index (χ4v) is 4.35. The zero-order valence-corrected chi connectivity index (χ0v) is 19.8. The van der Waals surface area contributed by atoms with Crippen molar-refractivity contribution in [3.63, 3.8) is 0 Å². The molecule has 3 aromatic rings. The lowest BCUT2D eigenvalue weighted by molar-refractivity contribution is 0.0620. The third-order valence-corrected chi connectivity index (χ3v) is 6.50. The number of hydrogen-bond donors (Lipinski definition) is 0. The van der Waals surface area contributed by atoms with Gasteiger partial charge in [0.1, 0.15) is 0 Å². The molecule has 9 heteroatoms. The topological polar surface area (TPSA) is 50.6 Å². The Labute approximate surface area is 199 Å². The Morgan fingerprint density at radius 2 is 1.71 bits per heavy atom. The van der Waals surface area contributed by atoms with Gasteiger partial charge in [-0.25, -0.2) is 4.68 Å². The Morgan fingerprint density at radius 3 is 2.42 bits per heavy atom. The van der Waals surface area contributed by atoms with E-state index in [0.29, 0.717) is 34.6 Å². The van der Waals surface area contributed by atoms with Gasteiger partial charge in [-0.3, -0.25) is 9.69 Å². The maximum absolute atomic E-state index is 12.9. The van der Waals surface area contributed by atoms with E-state index >= 15 is 0 Å². The smallest absolute Gasteiger partial charge is 0.274 e. The van der Waals surface area contributed by atoms with Gasteiger partial charge in [0, 0.05) is 43.4 Å². The molecule has 6 nitrogen and oxygen atoms in total. The maximum Gasteiger partial charge on any atom is 0.274 e. The standard InChI is InChI=1S/C22H21BrCl2N4O2/c23-17-5-2-1-4-16(17)14-27-10-12-28(13-11-27)22(30)20-8-9-29(26-20)15-31-21-18(24)6-3-7-19(21)25/h1-9H,10-15H2. The number of benzene rings is 2. The van der Waals surface area contributed by atoms with E-state index in [1.807, 2.05) is 17.0 Å². The number of halogens is 3. The number of para-hydroxylation sites is 1. The quantitative estimate of drug-likeness (QED) is 0.459. The van der Waals surface area contributed by atoms with Crippen molar-refractivity contribution in [1.82, 2.24) is 19.6 Å². The highest BCUT2D eigenvalue weighted by Gasteiger charge is 2.24. The molecule has 2 aromatic carbocycles. The predicted molar refractivity (Wildman–Crippen MR) is 125 cm³/mol. The number of hydrogen-bond acceptors (Lipinski definition) is 4. The van der Waals surface area contributed by atoms with Gasteiger partial charge in [-0.1, -0.05) is 63.4 Å². The normalized spacial score (nSPS) is 14.6. The number of rotatable bonds is 6. The third-order valence-electron chi connectivity index (χ3n) is 5.13. The summed E-state index contributed by atoms with van der Waals surface area (Å²) in [6.07, 6.45) is 1.71. The second-order valence-corrected chi connectivity index (χ2v) is 8.89. The number of carbonyl (C=O) groups excluding carboxylic acids is 1. The minimum Gasteiger partial charge on any atom is -0.468 e. The Hall–Kier alpha value is -2.06. The van der Waals surface area contributed by atoms with Crippen molar-refractivity contribution in [2.75, 3.05) is 26.2 Å². The van der Waals surface area contributed by atoms with E-state index in [-0.39, 0.29) is 12.6 Å². The molecule has 1 saturated heterocycles. The number of amides is 1. The van der Waals surface area contributed by atoms with Crippen LogP contribution in [-0.4, -0.2) is 51.7 Å². The van der Waals surface area contributed by atoms with E-state index in [2.05, 4.69) is 38.1 Å². The lowest BCUT2D eigenvalue weighted by Crippen LogP contribution is -2.48. The van der Waals surface area contributed by atoms with Gasteiger partial charge in [-0.2, -0.15) is 5.10 Å². The second kappa shape index (κ2) is 10.0. The highest BCUT2D eigenvalue weighted by Crippen LogP contribution is 2.32. The molecule has 0 atom stereocenters. The van der Waals surface area contributed by atoms with Gasteiger partial charge in [-0.05, 0) is 29.8 Å². The first-order valence-electron chi connectivity index (χ1n) is 9.86. The van der Waals surface area contributed by atoms with Gasteiger partial charge in [-0.15, -0.1) is 0 Å². The monoisotopic (exact) mass is 522 g/mol. The summed E-state index contributed by atoms with van der Waals surface area (Å²) in [7, 11) is 0. The van der Waals surface area contributed by atoms with Crippen molar-refractivity contribution >= 4 is 45.0 Å². The Kier molecular flexibility index (Phi) is 7.17. The molecular weight excluding hydrogens is 503 g/mol. The van der Waals surface area contributed by atoms with Crippen molar-refractivity contribution in [2.24, 2.45) is 0 Å². The zero-order valence-electron chi connectivity index (χ0n) is 16.7. The van der Waals surface area contributed by atoms with Crippen LogP contribution in [0.25, 0.3) is 0 Å². The molecule has 1 amide bonds. The van der Waals surface area contributed by atoms with Crippen molar-refractivity contribution in [3.05, 3.63) is 80.5 Å². The molecule has 0 N–H and O–H groups in total. The molecule has 2 heterocycles. The maximum atomic E-state index is 12.9. The molecule has 31 heavy (non-hydrogen) atoms. The molecule has 1 aliphatic heterocycles. The second-order valence-electron chi connectivity index (χ2n) is 7.22.